The number of aryl methyl sites for hydroxylation is 1. The lowest BCUT2D eigenvalue weighted by atomic mass is 10.1. The molecule has 0 aromatic heterocycles. The van der Waals surface area contributed by atoms with Crippen molar-refractivity contribution in [2.24, 2.45) is 5.73 Å². The van der Waals surface area contributed by atoms with Crippen LogP contribution in [0.1, 0.15) is 25.0 Å². The highest BCUT2D eigenvalue weighted by molar-refractivity contribution is 7.90. The molecule has 0 aliphatic rings. The summed E-state index contributed by atoms with van der Waals surface area (Å²) in [6, 6.07) is 5.40. The second-order valence-electron chi connectivity index (χ2n) is 4.23. The quantitative estimate of drug-likeness (QED) is 0.804. The van der Waals surface area contributed by atoms with Gasteiger partial charge in [-0.3, -0.25) is 4.72 Å². The van der Waals surface area contributed by atoms with E-state index >= 15 is 0 Å². The summed E-state index contributed by atoms with van der Waals surface area (Å²) in [5, 5.41) is 0. The largest absolute Gasteiger partial charge is 0.320 e. The number of benzene rings is 1. The van der Waals surface area contributed by atoms with Crippen molar-refractivity contribution in [3.05, 3.63) is 29.3 Å². The maximum Gasteiger partial charge on any atom is 0.301 e. The van der Waals surface area contributed by atoms with Crippen LogP contribution >= 0.6 is 0 Å². The second-order valence-corrected chi connectivity index (χ2v) is 5.90. The molecule has 0 saturated heterocycles. The van der Waals surface area contributed by atoms with Crippen molar-refractivity contribution in [2.75, 3.05) is 24.4 Å². The Morgan fingerprint density at radius 2 is 1.95 bits per heavy atom. The molecule has 0 unspecified atom stereocenters. The summed E-state index contributed by atoms with van der Waals surface area (Å²) in [5.41, 5.74) is 7.45. The van der Waals surface area contributed by atoms with Gasteiger partial charge in [-0.1, -0.05) is 31.8 Å². The van der Waals surface area contributed by atoms with Gasteiger partial charge in [-0.05, 0) is 24.6 Å². The molecule has 0 aliphatic heterocycles. The molecule has 0 amide bonds. The van der Waals surface area contributed by atoms with Gasteiger partial charge in [0.25, 0.3) is 0 Å². The highest BCUT2D eigenvalue weighted by Gasteiger charge is 2.19. The van der Waals surface area contributed by atoms with Crippen molar-refractivity contribution in [3.8, 4) is 11.8 Å². The number of hydrogen-bond acceptors (Lipinski definition) is 3. The molecule has 20 heavy (non-hydrogen) atoms. The average molecular weight is 295 g/mol. The van der Waals surface area contributed by atoms with E-state index in [9.17, 15) is 8.42 Å². The van der Waals surface area contributed by atoms with Crippen LogP contribution < -0.4 is 10.5 Å². The van der Waals surface area contributed by atoms with E-state index in [4.69, 9.17) is 5.73 Å². The molecule has 0 atom stereocenters. The Bertz CT molecular complexity index is 611. The molecule has 0 fully saturated rings. The van der Waals surface area contributed by atoms with E-state index in [-0.39, 0.29) is 6.54 Å². The summed E-state index contributed by atoms with van der Waals surface area (Å²) in [6.45, 7) is 6.58. The van der Waals surface area contributed by atoms with Gasteiger partial charge in [0.2, 0.25) is 0 Å². The molecule has 0 heterocycles. The lowest BCUT2D eigenvalue weighted by Crippen LogP contribution is -2.35. The van der Waals surface area contributed by atoms with Gasteiger partial charge < -0.3 is 5.73 Å². The third-order valence-electron chi connectivity index (χ3n) is 2.86. The van der Waals surface area contributed by atoms with Crippen LogP contribution in [0.5, 0.6) is 0 Å². The molecule has 5 nitrogen and oxygen atoms in total. The van der Waals surface area contributed by atoms with E-state index in [1.165, 1.54) is 4.31 Å². The molecular formula is C14H21N3O2S. The molecule has 0 saturated carbocycles. The summed E-state index contributed by atoms with van der Waals surface area (Å²) in [5.74, 6) is 5.64. The summed E-state index contributed by atoms with van der Waals surface area (Å²) in [7, 11) is -3.52. The van der Waals surface area contributed by atoms with Crippen molar-refractivity contribution in [2.45, 2.75) is 20.8 Å². The van der Waals surface area contributed by atoms with Crippen LogP contribution in [-0.2, 0) is 10.2 Å². The van der Waals surface area contributed by atoms with E-state index < -0.39 is 10.2 Å². The Morgan fingerprint density at radius 1 is 1.30 bits per heavy atom. The maximum absolute atomic E-state index is 12.2. The van der Waals surface area contributed by atoms with Crippen LogP contribution in [0.4, 0.5) is 5.69 Å². The zero-order valence-electron chi connectivity index (χ0n) is 12.1. The second kappa shape index (κ2) is 7.29. The van der Waals surface area contributed by atoms with Crippen LogP contribution in [0.3, 0.4) is 0 Å². The van der Waals surface area contributed by atoms with Gasteiger partial charge in [-0.25, -0.2) is 0 Å². The Morgan fingerprint density at radius 3 is 2.50 bits per heavy atom. The van der Waals surface area contributed by atoms with Gasteiger partial charge in [0, 0.05) is 18.7 Å². The van der Waals surface area contributed by atoms with E-state index in [0.29, 0.717) is 18.8 Å². The van der Waals surface area contributed by atoms with Crippen molar-refractivity contribution in [1.82, 2.24) is 4.31 Å². The van der Waals surface area contributed by atoms with Gasteiger partial charge in [-0.2, -0.15) is 12.7 Å². The first kappa shape index (κ1) is 16.5. The number of hydrogen-bond donors (Lipinski definition) is 2. The topological polar surface area (TPSA) is 75.4 Å². The minimum atomic E-state index is -3.52. The van der Waals surface area contributed by atoms with Gasteiger partial charge in [0.15, 0.2) is 0 Å². The third-order valence-corrected chi connectivity index (χ3v) is 4.53. The standard InChI is InChI=1S/C14H21N3O2S/c1-4-17(5-2)20(18,19)16-14-11-13(7-6-10-15)9-8-12(14)3/h8-9,11,16H,4-5,10,15H2,1-3H3. The predicted octanol–water partition coefficient (Wildman–Crippen LogP) is 1.30. The molecule has 6 heteroatoms. The molecule has 1 aromatic rings. The van der Waals surface area contributed by atoms with Gasteiger partial charge >= 0.3 is 10.2 Å². The molecule has 1 rings (SSSR count). The van der Waals surface area contributed by atoms with E-state index in [1.54, 1.807) is 19.9 Å². The fraction of sp³-hybridized carbons (Fsp3) is 0.429. The van der Waals surface area contributed by atoms with Crippen molar-refractivity contribution in [1.29, 1.82) is 0 Å². The van der Waals surface area contributed by atoms with E-state index in [2.05, 4.69) is 16.6 Å². The number of nitrogens with two attached hydrogens (primary N) is 1. The smallest absolute Gasteiger partial charge is 0.301 e. The molecular weight excluding hydrogens is 274 g/mol. The van der Waals surface area contributed by atoms with E-state index in [0.717, 1.165) is 11.1 Å². The van der Waals surface area contributed by atoms with E-state index in [1.807, 2.05) is 19.1 Å². The molecule has 1 aromatic carbocycles. The van der Waals surface area contributed by atoms with Crippen molar-refractivity contribution in [3.63, 3.8) is 0 Å². The van der Waals surface area contributed by atoms with Gasteiger partial charge in [0.1, 0.15) is 0 Å². The van der Waals surface area contributed by atoms with Crippen LogP contribution in [0.25, 0.3) is 0 Å². The molecule has 0 spiro atoms. The first-order valence-corrected chi connectivity index (χ1v) is 7.96. The first-order valence-electron chi connectivity index (χ1n) is 6.52. The predicted molar refractivity (Wildman–Crippen MR) is 82.6 cm³/mol. The Balaban J connectivity index is 3.08. The monoisotopic (exact) mass is 295 g/mol. The SMILES string of the molecule is CCN(CC)S(=O)(=O)Nc1cc(C#CCN)ccc1C. The molecule has 3 N–H and O–H groups in total. The number of nitrogens with zero attached hydrogens (tertiary/aromatic N) is 1. The Kier molecular flexibility index (Phi) is 6.02. The fourth-order valence-electron chi connectivity index (χ4n) is 1.73. The third kappa shape index (κ3) is 4.23. The van der Waals surface area contributed by atoms with Gasteiger partial charge in [-0.15, -0.1) is 0 Å². The first-order chi connectivity index (χ1) is 9.44. The zero-order chi connectivity index (χ0) is 15.2. The lowest BCUT2D eigenvalue weighted by molar-refractivity contribution is 0.449. The number of nitrogens with one attached hydrogen (secondary N) is 1. The summed E-state index contributed by atoms with van der Waals surface area (Å²) < 4.78 is 28.4. The highest BCUT2D eigenvalue weighted by atomic mass is 32.2. The molecule has 0 aliphatic carbocycles. The van der Waals surface area contributed by atoms with Crippen LogP contribution in [0, 0.1) is 18.8 Å². The fourth-order valence-corrected chi connectivity index (χ4v) is 3.04. The summed E-state index contributed by atoms with van der Waals surface area (Å²) in [4.78, 5) is 0. The van der Waals surface area contributed by atoms with Crippen molar-refractivity contribution < 1.29 is 8.42 Å². The zero-order valence-corrected chi connectivity index (χ0v) is 12.9. The molecule has 0 radical (unpaired) electrons. The maximum atomic E-state index is 12.2. The van der Waals surface area contributed by atoms with Crippen LogP contribution in [-0.4, -0.2) is 32.4 Å². The van der Waals surface area contributed by atoms with Crippen LogP contribution in [0.15, 0.2) is 18.2 Å². The normalized spacial score (nSPS) is 11.1. The lowest BCUT2D eigenvalue weighted by Gasteiger charge is -2.20. The highest BCUT2D eigenvalue weighted by Crippen LogP contribution is 2.19. The Hall–Kier alpha value is -1.55. The summed E-state index contributed by atoms with van der Waals surface area (Å²) in [6.07, 6.45) is 0. The minimum absolute atomic E-state index is 0.272. The number of anilines is 1. The van der Waals surface area contributed by atoms with Gasteiger partial charge in [0.05, 0.1) is 12.2 Å². The number of rotatable bonds is 5. The average Bonchev–Trinajstić information content (AvgIpc) is 2.40. The molecule has 0 bridgehead atoms. The molecule has 110 valence electrons. The Labute approximate surface area is 121 Å². The van der Waals surface area contributed by atoms with Crippen LogP contribution in [0.2, 0.25) is 0 Å². The minimum Gasteiger partial charge on any atom is -0.320 e. The van der Waals surface area contributed by atoms with Crippen molar-refractivity contribution >= 4 is 15.9 Å². The summed E-state index contributed by atoms with van der Waals surface area (Å²) >= 11 is 0.